The molecule has 0 saturated heterocycles. The summed E-state index contributed by atoms with van der Waals surface area (Å²) in [6.07, 6.45) is 3.07. The number of pyridine rings is 1. The van der Waals surface area contributed by atoms with Crippen LogP contribution in [-0.2, 0) is 6.61 Å². The smallest absolute Gasteiger partial charge is 0.213 e. The summed E-state index contributed by atoms with van der Waals surface area (Å²) in [5.41, 5.74) is 0.607. The van der Waals surface area contributed by atoms with E-state index in [4.69, 9.17) is 21.4 Å². The van der Waals surface area contributed by atoms with E-state index in [-0.39, 0.29) is 6.61 Å². The largest absolute Gasteiger partial charge is 0.473 e. The second-order valence-corrected chi connectivity index (χ2v) is 2.78. The van der Waals surface area contributed by atoms with Gasteiger partial charge in [-0.25, -0.2) is 4.98 Å². The van der Waals surface area contributed by atoms with E-state index in [0.29, 0.717) is 23.1 Å². The van der Waals surface area contributed by atoms with Crippen LogP contribution in [0.5, 0.6) is 5.88 Å². The lowest BCUT2D eigenvalue weighted by Gasteiger charge is -2.04. The summed E-state index contributed by atoms with van der Waals surface area (Å²) in [5, 5.41) is 9.32. The third-order valence-electron chi connectivity index (χ3n) is 1.43. The van der Waals surface area contributed by atoms with Crippen molar-refractivity contribution in [2.45, 2.75) is 6.61 Å². The van der Waals surface area contributed by atoms with Crippen molar-refractivity contribution >= 4 is 11.6 Å². The predicted octanol–water partition coefficient (Wildman–Crippen LogP) is 1.79. The van der Waals surface area contributed by atoms with Gasteiger partial charge in [0.2, 0.25) is 5.88 Å². The number of halogens is 1. The Hall–Kier alpha value is -1.06. The first-order chi connectivity index (χ1) is 6.27. The molecule has 0 unspecified atom stereocenters. The Labute approximate surface area is 81.6 Å². The summed E-state index contributed by atoms with van der Waals surface area (Å²) in [5.74, 6) is 0.438. The van der Waals surface area contributed by atoms with Crippen LogP contribution in [0.3, 0.4) is 0 Å². The van der Waals surface area contributed by atoms with Crippen molar-refractivity contribution in [1.82, 2.24) is 4.98 Å². The summed E-state index contributed by atoms with van der Waals surface area (Å²) in [6, 6.07) is 1.60. The maximum atomic E-state index is 8.88. The van der Waals surface area contributed by atoms with Crippen molar-refractivity contribution < 1.29 is 9.84 Å². The van der Waals surface area contributed by atoms with Crippen LogP contribution in [0.4, 0.5) is 0 Å². The highest BCUT2D eigenvalue weighted by atomic mass is 35.5. The molecule has 0 fully saturated rings. The van der Waals surface area contributed by atoms with E-state index in [1.165, 1.54) is 6.20 Å². The van der Waals surface area contributed by atoms with Gasteiger partial charge in [-0.3, -0.25) is 0 Å². The van der Waals surface area contributed by atoms with E-state index in [1.807, 2.05) is 0 Å². The van der Waals surface area contributed by atoms with Gasteiger partial charge in [0, 0.05) is 17.8 Å². The first-order valence-corrected chi connectivity index (χ1v) is 4.14. The molecular formula is C9H10ClNO2. The van der Waals surface area contributed by atoms with Gasteiger partial charge >= 0.3 is 0 Å². The van der Waals surface area contributed by atoms with E-state index in [2.05, 4.69) is 11.6 Å². The summed E-state index contributed by atoms with van der Waals surface area (Å²) >= 11 is 5.73. The second kappa shape index (κ2) is 4.84. The molecule has 3 nitrogen and oxygen atoms in total. The normalized spacial score (nSPS) is 9.69. The number of aliphatic hydroxyl groups excluding tert-OH is 1. The van der Waals surface area contributed by atoms with Crippen LogP contribution in [0.15, 0.2) is 24.9 Å². The summed E-state index contributed by atoms with van der Waals surface area (Å²) in [7, 11) is 0. The Bertz CT molecular complexity index is 302. The van der Waals surface area contributed by atoms with Crippen LogP contribution >= 0.6 is 11.6 Å². The molecule has 0 aliphatic carbocycles. The lowest BCUT2D eigenvalue weighted by Crippen LogP contribution is -1.97. The van der Waals surface area contributed by atoms with Gasteiger partial charge in [0.1, 0.15) is 6.61 Å². The molecule has 0 saturated carbocycles. The molecular weight excluding hydrogens is 190 g/mol. The average molecular weight is 200 g/mol. The number of aliphatic hydroxyl groups is 1. The molecule has 1 aromatic rings. The van der Waals surface area contributed by atoms with Crippen LogP contribution < -0.4 is 4.74 Å². The van der Waals surface area contributed by atoms with Crippen molar-refractivity contribution in [2.24, 2.45) is 0 Å². The van der Waals surface area contributed by atoms with Crippen molar-refractivity contribution in [2.75, 3.05) is 6.61 Å². The third kappa shape index (κ3) is 2.72. The van der Waals surface area contributed by atoms with Crippen LogP contribution in [-0.4, -0.2) is 16.7 Å². The van der Waals surface area contributed by atoms with Crippen molar-refractivity contribution in [3.05, 3.63) is 35.5 Å². The van der Waals surface area contributed by atoms with Crippen molar-refractivity contribution in [1.29, 1.82) is 0 Å². The van der Waals surface area contributed by atoms with Gasteiger partial charge in [-0.05, 0) is 0 Å². The maximum Gasteiger partial charge on any atom is 0.213 e. The topological polar surface area (TPSA) is 42.4 Å². The molecule has 1 aromatic heterocycles. The number of rotatable bonds is 4. The Kier molecular flexibility index (Phi) is 3.73. The molecule has 1 N–H and O–H groups in total. The van der Waals surface area contributed by atoms with Crippen LogP contribution in [0.2, 0.25) is 5.02 Å². The Morgan fingerprint density at radius 3 is 3.08 bits per heavy atom. The Balaban J connectivity index is 2.79. The molecule has 70 valence electrons. The minimum atomic E-state index is -0.119. The average Bonchev–Trinajstić information content (AvgIpc) is 2.16. The highest BCUT2D eigenvalue weighted by Gasteiger charge is 2.02. The van der Waals surface area contributed by atoms with Crippen LogP contribution in [0.25, 0.3) is 0 Å². The second-order valence-electron chi connectivity index (χ2n) is 2.37. The zero-order chi connectivity index (χ0) is 9.68. The number of ether oxygens (including phenoxy) is 1. The zero-order valence-corrected chi connectivity index (χ0v) is 7.79. The van der Waals surface area contributed by atoms with Gasteiger partial charge in [-0.1, -0.05) is 24.3 Å². The Morgan fingerprint density at radius 2 is 2.46 bits per heavy atom. The minimum Gasteiger partial charge on any atom is -0.473 e. The predicted molar refractivity (Wildman–Crippen MR) is 50.9 cm³/mol. The number of nitrogens with zero attached hydrogens (tertiary/aromatic N) is 1. The monoisotopic (exact) mass is 199 g/mol. The number of hydrogen-bond acceptors (Lipinski definition) is 3. The molecule has 0 aliphatic heterocycles. The molecule has 0 aliphatic rings. The summed E-state index contributed by atoms with van der Waals surface area (Å²) < 4.78 is 5.15. The summed E-state index contributed by atoms with van der Waals surface area (Å²) in [4.78, 5) is 3.91. The fourth-order valence-corrected chi connectivity index (χ4v) is 0.966. The molecule has 0 aromatic carbocycles. The van der Waals surface area contributed by atoms with E-state index in [9.17, 15) is 0 Å². The lowest BCUT2D eigenvalue weighted by atomic mass is 10.3. The van der Waals surface area contributed by atoms with Crippen molar-refractivity contribution in [3.8, 4) is 5.88 Å². The first kappa shape index (κ1) is 10.0. The van der Waals surface area contributed by atoms with Crippen molar-refractivity contribution in [3.63, 3.8) is 0 Å². The molecule has 0 radical (unpaired) electrons. The third-order valence-corrected chi connectivity index (χ3v) is 1.77. The SMILES string of the molecule is C=CCOc1cc(CO)c(Cl)cn1. The highest BCUT2D eigenvalue weighted by molar-refractivity contribution is 6.31. The fourth-order valence-electron chi connectivity index (χ4n) is 0.803. The standard InChI is InChI=1S/C9H10ClNO2/c1-2-3-13-9-4-7(6-12)8(10)5-11-9/h2,4-5,12H,1,3,6H2. The lowest BCUT2D eigenvalue weighted by molar-refractivity contribution is 0.280. The Morgan fingerprint density at radius 1 is 1.69 bits per heavy atom. The molecule has 4 heteroatoms. The number of hydrogen-bond donors (Lipinski definition) is 1. The van der Waals surface area contributed by atoms with Gasteiger partial charge in [0.25, 0.3) is 0 Å². The van der Waals surface area contributed by atoms with E-state index >= 15 is 0 Å². The summed E-state index contributed by atoms with van der Waals surface area (Å²) in [6.45, 7) is 3.78. The molecule has 0 spiro atoms. The fraction of sp³-hybridized carbons (Fsp3) is 0.222. The first-order valence-electron chi connectivity index (χ1n) is 3.77. The van der Waals surface area contributed by atoms with E-state index < -0.39 is 0 Å². The van der Waals surface area contributed by atoms with E-state index in [0.717, 1.165) is 0 Å². The van der Waals surface area contributed by atoms with Gasteiger partial charge in [-0.2, -0.15) is 0 Å². The zero-order valence-electron chi connectivity index (χ0n) is 7.03. The molecule has 13 heavy (non-hydrogen) atoms. The van der Waals surface area contributed by atoms with Gasteiger partial charge in [0.05, 0.1) is 11.6 Å². The highest BCUT2D eigenvalue weighted by Crippen LogP contribution is 2.18. The quantitative estimate of drug-likeness (QED) is 0.752. The van der Waals surface area contributed by atoms with Crippen LogP contribution in [0.1, 0.15) is 5.56 Å². The van der Waals surface area contributed by atoms with Gasteiger partial charge < -0.3 is 9.84 Å². The molecule has 0 atom stereocenters. The van der Waals surface area contributed by atoms with E-state index in [1.54, 1.807) is 12.1 Å². The van der Waals surface area contributed by atoms with Gasteiger partial charge in [-0.15, -0.1) is 0 Å². The van der Waals surface area contributed by atoms with Crippen LogP contribution in [0, 0.1) is 0 Å². The molecule has 0 amide bonds. The number of aromatic nitrogens is 1. The molecule has 0 bridgehead atoms. The minimum absolute atomic E-state index is 0.119. The molecule has 1 heterocycles. The maximum absolute atomic E-state index is 8.88. The van der Waals surface area contributed by atoms with Gasteiger partial charge in [0.15, 0.2) is 0 Å². The molecule has 1 rings (SSSR count).